The Bertz CT molecular complexity index is 3480. The van der Waals surface area contributed by atoms with Crippen LogP contribution in [0.15, 0.2) is 81.7 Å². The number of carbonyl (C=O) groups excluding carboxylic acids is 3. The third-order valence-electron chi connectivity index (χ3n) is 16.0. The summed E-state index contributed by atoms with van der Waals surface area (Å²) in [4.78, 5) is 66.1. The quantitative estimate of drug-likeness (QED) is 0.0549. The van der Waals surface area contributed by atoms with Crippen LogP contribution in [0.1, 0.15) is 75.5 Å². The highest BCUT2D eigenvalue weighted by Gasteiger charge is 2.50. The molecule has 0 spiro atoms. The molecule has 9 atom stereocenters. The van der Waals surface area contributed by atoms with Gasteiger partial charge in [-0.05, 0) is 31.1 Å². The lowest BCUT2D eigenvalue weighted by Crippen LogP contribution is -2.46. The number of benzene rings is 4. The Morgan fingerprint density at radius 1 is 0.900 bits per heavy atom. The summed E-state index contributed by atoms with van der Waals surface area (Å²) >= 11 is 0. The van der Waals surface area contributed by atoms with Crippen LogP contribution in [-0.4, -0.2) is 139 Å². The number of phenols is 1. The van der Waals surface area contributed by atoms with Crippen molar-refractivity contribution in [2.45, 2.75) is 98.7 Å². The molecule has 1 amide bonds. The lowest BCUT2D eigenvalue weighted by Gasteiger charge is -2.38. The number of ketones is 1. The highest BCUT2D eigenvalue weighted by atomic mass is 32.2. The van der Waals surface area contributed by atoms with E-state index in [4.69, 9.17) is 37.8 Å². The number of hydrogen-bond donors (Lipinski definition) is 4. The number of nitrogens with one attached hydrogen (secondary N) is 1. The maximum atomic E-state index is 15.2. The molecule has 5 heterocycles. The summed E-state index contributed by atoms with van der Waals surface area (Å²) in [5.41, 5.74) is 1.10. The summed E-state index contributed by atoms with van der Waals surface area (Å²) < 4.78 is 68.3. The number of aromatic nitrogens is 1. The van der Waals surface area contributed by atoms with Gasteiger partial charge in [0.1, 0.15) is 35.2 Å². The van der Waals surface area contributed by atoms with Crippen LogP contribution in [0.3, 0.4) is 0 Å². The van der Waals surface area contributed by atoms with Crippen molar-refractivity contribution in [1.82, 2.24) is 9.88 Å². The van der Waals surface area contributed by atoms with Gasteiger partial charge in [0.05, 0.1) is 60.2 Å². The molecule has 4 N–H and O–H groups in total. The SMILES string of the molecule is CO[C@H]1/C=C/O[C@@]2(C)Oc3c(C)c(=O)c4c(O)c(c5oc6cc(N7CCS(=O)(=O)CC7)cc(OCc7ccc(CN8CCOCC8)cc7)c6nc5c4c3C2=O)NC(=O)/C(C)=C\C=C\[C@H](C)[C@H](O)[C@@H](C)[C@@H](O)[C@@H](C)[C@H](OC(C)=O)[C@@H]1C. The number of allylic oxidation sites excluding steroid dienone is 2. The summed E-state index contributed by atoms with van der Waals surface area (Å²) in [6.45, 7) is 16.6. The molecule has 4 aliphatic rings. The predicted molar refractivity (Wildman–Crippen MR) is 300 cm³/mol. The number of ether oxygens (including phenoxy) is 6. The first kappa shape index (κ1) is 57.8. The monoisotopic (exact) mass is 1120 g/mol. The van der Waals surface area contributed by atoms with E-state index in [9.17, 15) is 38.1 Å². The molecule has 9 rings (SSSR count). The standard InChI is InChI=1S/C59H70N4O16S/c1-31-11-10-12-32(2)58(70)61-49-53(68)45-44(46-55(36(6)52(45)67)79-59(8,57(46)69)76-22-17-41(73-9)33(3)54(77-37(7)64)35(5)51(66)34(4)50(31)65)48-56(49)78-43-28-40(63-20-25-80(71,72)26-21-63)27-42(47(43)60-48)75-30-39-15-13-38(14-16-39)29-62-18-23-74-24-19-62/h10-17,22,27-28,31,33-35,41,50-51,54,65-66,68H,18-21,23-26,29-30H2,1-9H3,(H,61,70)/b11-10+,22-17+,32-12-/t31-,33+,34+,35+,41-,50-,51+,54+,59-/m0/s1. The maximum Gasteiger partial charge on any atom is 0.312 e. The van der Waals surface area contributed by atoms with E-state index < -0.39 is 92.5 Å². The van der Waals surface area contributed by atoms with Crippen LogP contribution in [0.25, 0.3) is 33.0 Å². The number of phenolic OH excluding ortho intramolecular Hbond substituents is 1. The Morgan fingerprint density at radius 3 is 2.26 bits per heavy atom. The van der Waals surface area contributed by atoms with E-state index in [1.165, 1.54) is 53.2 Å². The van der Waals surface area contributed by atoms with E-state index in [1.54, 1.807) is 52.0 Å². The molecule has 0 aliphatic carbocycles. The van der Waals surface area contributed by atoms with Crippen LogP contribution in [0, 0.1) is 30.6 Å². The van der Waals surface area contributed by atoms with Crippen molar-refractivity contribution in [1.29, 1.82) is 0 Å². The van der Waals surface area contributed by atoms with Crippen molar-refractivity contribution in [3.63, 3.8) is 0 Å². The summed E-state index contributed by atoms with van der Waals surface area (Å²) in [6.07, 6.45) is 3.35. The number of aromatic hydroxyl groups is 1. The first-order valence-corrected chi connectivity index (χ1v) is 28.7. The van der Waals surface area contributed by atoms with Gasteiger partial charge in [-0.15, -0.1) is 0 Å². The second kappa shape index (κ2) is 23.3. The number of morpholine rings is 1. The number of aliphatic hydroxyl groups excluding tert-OH is 2. The molecule has 5 aromatic rings. The number of aliphatic hydroxyl groups is 2. The Kier molecular flexibility index (Phi) is 16.8. The van der Waals surface area contributed by atoms with E-state index in [1.807, 2.05) is 29.2 Å². The number of carbonyl (C=O) groups is 3. The van der Waals surface area contributed by atoms with Crippen LogP contribution < -0.4 is 25.1 Å². The molecule has 0 saturated carbocycles. The molecule has 1 aromatic heterocycles. The molecule has 428 valence electrons. The zero-order chi connectivity index (χ0) is 57.5. The first-order chi connectivity index (χ1) is 38.0. The van der Waals surface area contributed by atoms with Crippen LogP contribution in [0.2, 0.25) is 0 Å². The van der Waals surface area contributed by atoms with Gasteiger partial charge in [0.2, 0.25) is 0 Å². The van der Waals surface area contributed by atoms with Crippen molar-refractivity contribution in [2.75, 3.05) is 68.2 Å². The third-order valence-corrected chi connectivity index (χ3v) is 17.6. The fourth-order valence-corrected chi connectivity index (χ4v) is 12.2. The molecule has 0 unspecified atom stereocenters. The number of esters is 1. The van der Waals surface area contributed by atoms with Gasteiger partial charge in [-0.25, -0.2) is 13.4 Å². The first-order valence-electron chi connectivity index (χ1n) is 26.9. The van der Waals surface area contributed by atoms with Crippen molar-refractivity contribution in [3.05, 3.63) is 105 Å². The molecular formula is C59H70N4O16S. The zero-order valence-corrected chi connectivity index (χ0v) is 47.3. The van der Waals surface area contributed by atoms with E-state index >= 15 is 4.79 Å². The summed E-state index contributed by atoms with van der Waals surface area (Å²) in [6, 6.07) is 11.4. The number of Topliss-reactive ketones (excluding diaryl/α,β-unsaturated/α-hetero) is 1. The highest BCUT2D eigenvalue weighted by molar-refractivity contribution is 7.91. The van der Waals surface area contributed by atoms with Gasteiger partial charge < -0.3 is 58.4 Å². The van der Waals surface area contributed by atoms with Crippen molar-refractivity contribution in [3.8, 4) is 17.2 Å². The minimum Gasteiger partial charge on any atom is -0.505 e. The average molecular weight is 1120 g/mol. The van der Waals surface area contributed by atoms with Crippen molar-refractivity contribution < 1.29 is 71.0 Å². The third kappa shape index (κ3) is 11.5. The topological polar surface area (TPSA) is 263 Å². The summed E-state index contributed by atoms with van der Waals surface area (Å²) in [5.74, 6) is -7.78. The maximum absolute atomic E-state index is 15.2. The number of hydrogen-bond acceptors (Lipinski definition) is 19. The molecule has 0 radical (unpaired) electrons. The van der Waals surface area contributed by atoms with Gasteiger partial charge in [-0.2, -0.15) is 0 Å². The van der Waals surface area contributed by atoms with Gasteiger partial charge in [0.15, 0.2) is 37.9 Å². The molecule has 20 nitrogen and oxygen atoms in total. The second-order valence-electron chi connectivity index (χ2n) is 21.7. The molecule has 80 heavy (non-hydrogen) atoms. The zero-order valence-electron chi connectivity index (χ0n) is 46.4. The van der Waals surface area contributed by atoms with Crippen LogP contribution >= 0.6 is 0 Å². The van der Waals surface area contributed by atoms with E-state index in [0.29, 0.717) is 18.9 Å². The lowest BCUT2D eigenvalue weighted by atomic mass is 9.78. The molecule has 4 bridgehead atoms. The number of sulfone groups is 1. The van der Waals surface area contributed by atoms with Gasteiger partial charge in [0, 0.05) is 112 Å². The number of anilines is 2. The van der Waals surface area contributed by atoms with Crippen molar-refractivity contribution in [2.24, 2.45) is 23.7 Å². The minimum atomic E-state index is -3.29. The molecule has 4 aliphatic heterocycles. The summed E-state index contributed by atoms with van der Waals surface area (Å²) in [5, 5.41) is 37.9. The van der Waals surface area contributed by atoms with E-state index in [2.05, 4.69) is 10.2 Å². The number of amides is 1. The summed E-state index contributed by atoms with van der Waals surface area (Å²) in [7, 11) is -1.86. The van der Waals surface area contributed by atoms with Gasteiger partial charge in [0.25, 0.3) is 11.7 Å². The average Bonchev–Trinajstić information content (AvgIpc) is 3.85. The number of nitrogens with zero attached hydrogens (tertiary/aromatic N) is 3. The molecular weight excluding hydrogens is 1050 g/mol. The van der Waals surface area contributed by atoms with Gasteiger partial charge in [-0.1, -0.05) is 70.2 Å². The van der Waals surface area contributed by atoms with Crippen LogP contribution in [0.5, 0.6) is 17.2 Å². The fourth-order valence-electron chi connectivity index (χ4n) is 11.0. The molecule has 21 heteroatoms. The van der Waals surface area contributed by atoms with Gasteiger partial charge >= 0.3 is 11.8 Å². The molecule has 4 aromatic carbocycles. The minimum absolute atomic E-state index is 0.0574. The number of methoxy groups -OCH3 is 1. The second-order valence-corrected chi connectivity index (χ2v) is 24.0. The molecule has 2 saturated heterocycles. The Hall–Kier alpha value is -6.88. The van der Waals surface area contributed by atoms with E-state index in [-0.39, 0.29) is 98.1 Å². The predicted octanol–water partition coefficient (Wildman–Crippen LogP) is 6.64. The molecule has 2 fully saturated rings. The van der Waals surface area contributed by atoms with Crippen LogP contribution in [-0.2, 0) is 51.5 Å². The normalized spacial score (nSPS) is 28.5. The lowest BCUT2D eigenvalue weighted by molar-refractivity contribution is -0.160. The largest absolute Gasteiger partial charge is 0.505 e. The van der Waals surface area contributed by atoms with Gasteiger partial charge in [-0.3, -0.25) is 24.1 Å². The van der Waals surface area contributed by atoms with Crippen molar-refractivity contribution >= 4 is 71.8 Å². The van der Waals surface area contributed by atoms with E-state index in [0.717, 1.165) is 30.8 Å². The fraction of sp³-hybridized carbons (Fsp3) is 0.475. The Balaban J connectivity index is 1.22. The highest BCUT2D eigenvalue weighted by Crippen LogP contribution is 2.49. The Morgan fingerprint density at radius 2 is 1.59 bits per heavy atom. The van der Waals surface area contributed by atoms with Crippen LogP contribution in [0.4, 0.5) is 11.4 Å². The smallest absolute Gasteiger partial charge is 0.312 e. The number of rotatable bonds is 8. The Labute approximate surface area is 463 Å². The number of fused-ring (bicyclic) bond motifs is 2.